The predicted octanol–water partition coefficient (Wildman–Crippen LogP) is 2.70. The van der Waals surface area contributed by atoms with Gasteiger partial charge in [0.2, 0.25) is 11.9 Å². The second kappa shape index (κ2) is 8.86. The number of guanidine groups is 1. The van der Waals surface area contributed by atoms with Gasteiger partial charge in [0.25, 0.3) is 0 Å². The molecule has 1 unspecified atom stereocenters. The molecule has 8 heteroatoms. The van der Waals surface area contributed by atoms with Crippen molar-refractivity contribution in [3.8, 4) is 0 Å². The van der Waals surface area contributed by atoms with Crippen molar-refractivity contribution in [2.45, 2.75) is 38.9 Å². The molecule has 4 N–H and O–H groups in total. The highest BCUT2D eigenvalue weighted by atomic mass is 16.2. The largest absolute Gasteiger partial charge is 0.368 e. The van der Waals surface area contributed by atoms with Crippen LogP contribution < -0.4 is 16.5 Å². The summed E-state index contributed by atoms with van der Waals surface area (Å²) in [5.74, 6) is 1.40. The molecule has 2 aromatic rings. The lowest BCUT2D eigenvalue weighted by molar-refractivity contribution is -0.116. The minimum absolute atomic E-state index is 0.127. The number of hydrazine groups is 1. The summed E-state index contributed by atoms with van der Waals surface area (Å²) in [7, 11) is 0. The Hall–Kier alpha value is -3.55. The molecule has 0 bridgehead atoms. The monoisotopic (exact) mass is 405 g/mol. The molecule has 1 aromatic carbocycles. The van der Waals surface area contributed by atoms with Crippen LogP contribution in [0.4, 0.5) is 5.69 Å². The van der Waals surface area contributed by atoms with Crippen LogP contribution in [0.3, 0.4) is 0 Å². The van der Waals surface area contributed by atoms with E-state index in [1.54, 1.807) is 10.9 Å². The summed E-state index contributed by atoms with van der Waals surface area (Å²) >= 11 is 0. The van der Waals surface area contributed by atoms with Crippen molar-refractivity contribution in [1.82, 2.24) is 20.2 Å². The molecule has 8 nitrogen and oxygen atoms in total. The lowest BCUT2D eigenvalue weighted by Crippen LogP contribution is -2.39. The van der Waals surface area contributed by atoms with Gasteiger partial charge in [0.1, 0.15) is 6.54 Å². The molecule has 1 atom stereocenters. The first-order valence-corrected chi connectivity index (χ1v) is 10.3. The fourth-order valence-corrected chi connectivity index (χ4v) is 3.24. The molecule has 5 rings (SSSR count). The maximum Gasteiger partial charge on any atom is 0.246 e. The number of nitrogens with one attached hydrogen (secondary N) is 2. The zero-order chi connectivity index (χ0) is 20.9. The summed E-state index contributed by atoms with van der Waals surface area (Å²) in [6.07, 6.45) is 13.7. The van der Waals surface area contributed by atoms with Crippen molar-refractivity contribution in [3.05, 3.63) is 66.6 Å². The molecule has 3 heterocycles. The lowest BCUT2D eigenvalue weighted by atomic mass is 10.1. The second-order valence-electron chi connectivity index (χ2n) is 7.58. The number of para-hydroxylation sites is 1. The van der Waals surface area contributed by atoms with Gasteiger partial charge >= 0.3 is 0 Å². The molecule has 0 radical (unpaired) electrons. The first kappa shape index (κ1) is 19.8. The maximum absolute atomic E-state index is 12.1. The van der Waals surface area contributed by atoms with Crippen LogP contribution in [0.15, 0.2) is 66.1 Å². The van der Waals surface area contributed by atoms with Crippen molar-refractivity contribution in [1.29, 1.82) is 0 Å². The number of carbonyl (C=O) groups excluding carboxylic acids is 1. The van der Waals surface area contributed by atoms with Crippen LogP contribution in [0, 0.1) is 5.92 Å². The van der Waals surface area contributed by atoms with Crippen LogP contribution in [-0.4, -0.2) is 32.8 Å². The number of fused-ring (bicyclic) bond motifs is 1. The lowest BCUT2D eigenvalue weighted by Gasteiger charge is -2.22. The van der Waals surface area contributed by atoms with Crippen molar-refractivity contribution < 1.29 is 4.79 Å². The van der Waals surface area contributed by atoms with Gasteiger partial charge in [-0.2, -0.15) is 5.10 Å². The minimum atomic E-state index is -0.162. The summed E-state index contributed by atoms with van der Waals surface area (Å²) in [6.45, 7) is 2.41. The molecular formula is C22H27N7O. The minimum Gasteiger partial charge on any atom is -0.368 e. The highest BCUT2D eigenvalue weighted by Crippen LogP contribution is 2.31. The van der Waals surface area contributed by atoms with E-state index in [4.69, 9.17) is 5.73 Å². The Morgan fingerprint density at radius 2 is 2.10 bits per heavy atom. The van der Waals surface area contributed by atoms with E-state index < -0.39 is 0 Å². The van der Waals surface area contributed by atoms with Gasteiger partial charge in [-0.1, -0.05) is 44.4 Å². The molecule has 30 heavy (non-hydrogen) atoms. The highest BCUT2D eigenvalue weighted by Gasteiger charge is 2.23. The quantitative estimate of drug-likeness (QED) is 0.710. The third kappa shape index (κ3) is 5.08. The fourth-order valence-electron chi connectivity index (χ4n) is 3.24. The summed E-state index contributed by atoms with van der Waals surface area (Å²) in [6, 6.07) is 9.34. The number of amides is 1. The molecule has 1 amide bonds. The number of benzene rings is 1. The van der Waals surface area contributed by atoms with E-state index in [0.29, 0.717) is 5.96 Å². The number of carbonyl (C=O) groups is 1. The predicted molar refractivity (Wildman–Crippen MR) is 118 cm³/mol. The van der Waals surface area contributed by atoms with Gasteiger partial charge in [-0.15, -0.1) is 0 Å². The fraction of sp³-hybridized carbons (Fsp3) is 0.318. The van der Waals surface area contributed by atoms with E-state index >= 15 is 0 Å². The number of aliphatic imine (C=N–C) groups is 1. The maximum atomic E-state index is 12.1. The Bertz CT molecular complexity index is 972. The van der Waals surface area contributed by atoms with Gasteiger partial charge in [0, 0.05) is 23.6 Å². The zero-order valence-corrected chi connectivity index (χ0v) is 17.0. The summed E-state index contributed by atoms with van der Waals surface area (Å²) < 4.78 is 1.61. The Kier molecular flexibility index (Phi) is 5.83. The van der Waals surface area contributed by atoms with E-state index in [9.17, 15) is 4.79 Å². The number of hydrogen-bond donors (Lipinski definition) is 3. The Morgan fingerprint density at radius 1 is 1.30 bits per heavy atom. The average Bonchev–Trinajstić information content (AvgIpc) is 3.36. The third-order valence-electron chi connectivity index (χ3n) is 5.15. The number of anilines is 1. The second-order valence-corrected chi connectivity index (χ2v) is 7.58. The molecular weight excluding hydrogens is 378 g/mol. The van der Waals surface area contributed by atoms with Gasteiger partial charge in [-0.05, 0) is 35.8 Å². The summed E-state index contributed by atoms with van der Waals surface area (Å²) in [4.78, 5) is 16.4. The van der Waals surface area contributed by atoms with E-state index in [0.717, 1.165) is 22.7 Å². The van der Waals surface area contributed by atoms with Gasteiger partial charge in [-0.25, -0.2) is 4.99 Å². The molecule has 1 aliphatic carbocycles. The number of allylic oxidation sites excluding steroid dienone is 2. The highest BCUT2D eigenvalue weighted by molar-refractivity contribution is 5.90. The number of hydrogen-bond acceptors (Lipinski definition) is 6. The van der Waals surface area contributed by atoms with Gasteiger partial charge < -0.3 is 11.1 Å². The zero-order valence-electron chi connectivity index (χ0n) is 17.0. The topological polar surface area (TPSA) is 101 Å². The van der Waals surface area contributed by atoms with E-state index in [-0.39, 0.29) is 18.6 Å². The average molecular weight is 406 g/mol. The van der Waals surface area contributed by atoms with Crippen LogP contribution in [-0.2, 0) is 11.3 Å². The van der Waals surface area contributed by atoms with E-state index in [1.807, 2.05) is 59.9 Å². The Morgan fingerprint density at radius 3 is 2.80 bits per heavy atom. The molecule has 3 aliphatic rings. The molecule has 1 aromatic heterocycles. The van der Waals surface area contributed by atoms with Crippen molar-refractivity contribution in [3.63, 3.8) is 0 Å². The summed E-state index contributed by atoms with van der Waals surface area (Å²) in [5.41, 5.74) is 11.3. The number of rotatable bonds is 5. The van der Waals surface area contributed by atoms with E-state index in [1.165, 1.54) is 19.3 Å². The van der Waals surface area contributed by atoms with Gasteiger partial charge in [0.05, 0.1) is 6.20 Å². The van der Waals surface area contributed by atoms with Crippen LogP contribution in [0.25, 0.3) is 5.57 Å². The summed E-state index contributed by atoms with van der Waals surface area (Å²) in [5, 5.41) is 8.92. The number of nitrogens with two attached hydrogens (primary N) is 1. The van der Waals surface area contributed by atoms with E-state index in [2.05, 4.69) is 27.8 Å². The molecule has 1 fully saturated rings. The van der Waals surface area contributed by atoms with Crippen LogP contribution in [0.5, 0.6) is 0 Å². The molecule has 156 valence electrons. The Labute approximate surface area is 176 Å². The SMILES string of the molecule is CCC1CC1.NC1=NC2C=C(c3cnn(CC(=O)Nc4ccccc4)c3)C=CN2N1. The van der Waals surface area contributed by atoms with Crippen LogP contribution >= 0.6 is 0 Å². The van der Waals surface area contributed by atoms with Crippen molar-refractivity contribution in [2.24, 2.45) is 16.6 Å². The smallest absolute Gasteiger partial charge is 0.246 e. The standard InChI is InChI=1S/C17H17N7O.C5H10/c18-17-21-15-8-12(6-7-24(15)22-17)13-9-19-23(10-13)11-16(25)20-14-4-2-1-3-5-14;1-2-5-3-4-5/h1-10,15H,11H2,(H,20,25)(H3,18,21,22);5H,2-4H2,1H3. The first-order valence-electron chi connectivity index (χ1n) is 10.3. The van der Waals surface area contributed by atoms with Crippen molar-refractivity contribution in [2.75, 3.05) is 5.32 Å². The Balaban J connectivity index is 0.000000383. The molecule has 2 aliphatic heterocycles. The van der Waals surface area contributed by atoms with Crippen LogP contribution in [0.2, 0.25) is 0 Å². The molecule has 1 saturated carbocycles. The van der Waals surface area contributed by atoms with Crippen LogP contribution in [0.1, 0.15) is 31.7 Å². The normalized spacial score (nSPS) is 19.1. The molecule has 0 spiro atoms. The van der Waals surface area contributed by atoms with Gasteiger partial charge in [0.15, 0.2) is 6.17 Å². The number of aromatic nitrogens is 2. The third-order valence-corrected chi connectivity index (χ3v) is 5.15. The molecule has 0 saturated heterocycles. The first-order chi connectivity index (χ1) is 14.6. The van der Waals surface area contributed by atoms with Gasteiger partial charge in [-0.3, -0.25) is 19.9 Å². The number of nitrogens with zero attached hydrogens (tertiary/aromatic N) is 4. The van der Waals surface area contributed by atoms with Crippen molar-refractivity contribution >= 4 is 23.1 Å².